The molecule has 80 heavy (non-hydrogen) atoms. The van der Waals surface area contributed by atoms with E-state index in [4.69, 9.17) is 20.0 Å². The van der Waals surface area contributed by atoms with Gasteiger partial charge >= 0.3 is 0 Å². The summed E-state index contributed by atoms with van der Waals surface area (Å²) in [4.78, 5) is 21.8. The van der Waals surface area contributed by atoms with E-state index in [1.165, 1.54) is 45.3 Å². The SMILES string of the molecule is Fc1c2sc3cc(N=C(c4ccccc4)c4ccccc4)c(N=C(c4ccccc4)c4ccccc4)cc3sc2c(F)c2sc3cc(N=C(c4ccccc4)c4ccccc4)c(N=C(c4ccccc4)c4ccccc4)cc3sc12. The van der Waals surface area contributed by atoms with Gasteiger partial charge in [-0.3, -0.25) is 0 Å². The summed E-state index contributed by atoms with van der Waals surface area (Å²) >= 11 is 4.91. The van der Waals surface area contributed by atoms with E-state index in [1.807, 2.05) is 267 Å². The second-order valence-corrected chi connectivity index (χ2v) is 22.9. The minimum absolute atomic E-state index is 0.229. The van der Waals surface area contributed by atoms with Crippen molar-refractivity contribution >= 4 is 129 Å². The largest absolute Gasteiger partial charge is 0.245 e. The molecule has 0 radical (unpaired) electrons. The smallest absolute Gasteiger partial charge is 0.160 e. The molecule has 0 atom stereocenters. The van der Waals surface area contributed by atoms with Crippen molar-refractivity contribution in [2.24, 2.45) is 20.0 Å². The fraction of sp³-hybridized carbons (Fsp3) is 0. The highest BCUT2D eigenvalue weighted by Crippen LogP contribution is 2.48. The van der Waals surface area contributed by atoms with Gasteiger partial charge in [-0.05, 0) is 24.3 Å². The average molecular weight is 1110 g/mol. The Kier molecular flexibility index (Phi) is 14.3. The summed E-state index contributed by atoms with van der Waals surface area (Å²) < 4.78 is 39.6. The van der Waals surface area contributed by atoms with Crippen LogP contribution in [0.5, 0.6) is 0 Å². The highest BCUT2D eigenvalue weighted by molar-refractivity contribution is 7.38. The van der Waals surface area contributed by atoms with Gasteiger partial charge in [0.2, 0.25) is 0 Å². The van der Waals surface area contributed by atoms with Crippen molar-refractivity contribution in [3.05, 3.63) is 323 Å². The minimum atomic E-state index is -0.476. The standard InChI is InChI=1S/C70H44F2N4S4/c71-61-67-68(78-58-42-54(74-64(47-29-13-3-14-30-47)48-31-15-4-16-32-48)53(41-57(58)77-67)73-63(45-25-9-1-10-26-45)46-27-11-2-12-28-46)62(72)70-69(61)79-59-43-55(75-65(49-33-17-5-18-34-49)50-35-19-6-20-36-50)56(44-60(59)80-70)76-66(51-37-21-7-22-38-51)52-39-23-8-24-40-52/h1-44H. The van der Waals surface area contributed by atoms with Crippen LogP contribution in [-0.4, -0.2) is 22.8 Å². The molecule has 0 aliphatic rings. The number of aliphatic imine (C=N–C) groups is 4. The van der Waals surface area contributed by atoms with Crippen LogP contribution in [0.2, 0.25) is 0 Å². The fourth-order valence-electron chi connectivity index (χ4n) is 9.60. The van der Waals surface area contributed by atoms with Crippen LogP contribution in [0.25, 0.3) is 37.6 Å². The van der Waals surface area contributed by atoms with Crippen LogP contribution < -0.4 is 0 Å². The number of hydrogen-bond donors (Lipinski definition) is 0. The van der Waals surface area contributed by atoms with E-state index >= 15 is 8.78 Å². The lowest BCUT2D eigenvalue weighted by Gasteiger charge is -2.14. The van der Waals surface area contributed by atoms with E-state index in [-0.39, 0.29) is 18.8 Å². The molecule has 13 aromatic rings. The first-order valence-electron chi connectivity index (χ1n) is 25.9. The molecule has 0 N–H and O–H groups in total. The van der Waals surface area contributed by atoms with Gasteiger partial charge < -0.3 is 0 Å². The summed E-state index contributed by atoms with van der Waals surface area (Å²) in [5, 5.41) is 0. The molecule has 0 aliphatic heterocycles. The number of hydrogen-bond acceptors (Lipinski definition) is 8. The maximum atomic E-state index is 17.8. The Labute approximate surface area is 477 Å². The van der Waals surface area contributed by atoms with Crippen molar-refractivity contribution in [3.63, 3.8) is 0 Å². The van der Waals surface area contributed by atoms with Crippen LogP contribution >= 0.6 is 45.3 Å². The zero-order valence-corrected chi connectivity index (χ0v) is 45.8. The summed E-state index contributed by atoms with van der Waals surface area (Å²) in [5.41, 5.74) is 12.8. The van der Waals surface area contributed by atoms with E-state index in [0.29, 0.717) is 22.7 Å². The quantitative estimate of drug-likeness (QED) is 0.0865. The second kappa shape index (κ2) is 22.7. The van der Waals surface area contributed by atoms with Gasteiger partial charge in [0.05, 0.1) is 64.4 Å². The lowest BCUT2D eigenvalue weighted by Crippen LogP contribution is -2.03. The van der Waals surface area contributed by atoms with Crippen molar-refractivity contribution in [2.75, 3.05) is 0 Å². The van der Waals surface area contributed by atoms with Gasteiger partial charge in [-0.2, -0.15) is 0 Å². The molecular formula is C70H44F2N4S4. The monoisotopic (exact) mass is 1110 g/mol. The first-order valence-corrected chi connectivity index (χ1v) is 29.2. The van der Waals surface area contributed by atoms with Crippen LogP contribution in [0.3, 0.4) is 0 Å². The molecule has 13 rings (SSSR count). The Morgan fingerprint density at radius 2 is 0.375 bits per heavy atom. The van der Waals surface area contributed by atoms with E-state index in [2.05, 4.69) is 0 Å². The van der Waals surface area contributed by atoms with Gasteiger partial charge in [0.25, 0.3) is 0 Å². The lowest BCUT2D eigenvalue weighted by atomic mass is 10.0. The lowest BCUT2D eigenvalue weighted by molar-refractivity contribution is 0.640. The maximum absolute atomic E-state index is 17.8. The minimum Gasteiger partial charge on any atom is -0.245 e. The Morgan fingerprint density at radius 1 is 0.225 bits per heavy atom. The number of fused-ring (bicyclic) bond motifs is 4. The van der Waals surface area contributed by atoms with Crippen molar-refractivity contribution in [1.82, 2.24) is 0 Å². The molecule has 0 saturated carbocycles. The third-order valence-electron chi connectivity index (χ3n) is 13.4. The molecule has 2 aromatic heterocycles. The second-order valence-electron chi connectivity index (χ2n) is 18.7. The third kappa shape index (κ3) is 10.4. The number of nitrogens with zero attached hydrogens (tertiary/aromatic N) is 4. The molecule has 4 nitrogen and oxygen atoms in total. The van der Waals surface area contributed by atoms with E-state index < -0.39 is 11.6 Å². The van der Waals surface area contributed by atoms with Crippen LogP contribution in [-0.2, 0) is 0 Å². The zero-order chi connectivity index (χ0) is 53.8. The van der Waals surface area contributed by atoms with Crippen molar-refractivity contribution in [2.45, 2.75) is 0 Å². The summed E-state index contributed by atoms with van der Waals surface area (Å²) in [5.74, 6) is -0.951. The predicted octanol–water partition coefficient (Wildman–Crippen LogP) is 20.6. The predicted molar refractivity (Wildman–Crippen MR) is 338 cm³/mol. The maximum Gasteiger partial charge on any atom is 0.160 e. The summed E-state index contributed by atoms with van der Waals surface area (Å²) in [6.07, 6.45) is 0. The number of benzene rings is 11. The molecule has 0 fully saturated rings. The molecule has 382 valence electrons. The molecule has 0 saturated heterocycles. The average Bonchev–Trinajstić information content (AvgIpc) is 3.58. The Balaban J connectivity index is 1.06. The molecule has 0 unspecified atom stereocenters. The topological polar surface area (TPSA) is 49.4 Å². The number of rotatable bonds is 12. The molecule has 10 heteroatoms. The van der Waals surface area contributed by atoms with Crippen LogP contribution in [0.15, 0.2) is 287 Å². The number of halogens is 2. The van der Waals surface area contributed by atoms with Crippen molar-refractivity contribution in [3.8, 4) is 0 Å². The third-order valence-corrected chi connectivity index (χ3v) is 18.5. The Hall–Kier alpha value is -9.16. The van der Waals surface area contributed by atoms with E-state index in [0.717, 1.165) is 86.2 Å². The molecule has 2 heterocycles. The normalized spacial score (nSPS) is 11.1. The van der Waals surface area contributed by atoms with Crippen molar-refractivity contribution < 1.29 is 8.78 Å². The van der Waals surface area contributed by atoms with Crippen LogP contribution in [0.1, 0.15) is 44.5 Å². The summed E-state index contributed by atoms with van der Waals surface area (Å²) in [7, 11) is 0. The zero-order valence-electron chi connectivity index (χ0n) is 42.6. The molecular weight excluding hydrogens is 1060 g/mol. The molecule has 0 amide bonds. The molecule has 0 spiro atoms. The molecule has 0 bridgehead atoms. The fourth-order valence-corrected chi connectivity index (χ4v) is 14.4. The van der Waals surface area contributed by atoms with E-state index in [9.17, 15) is 0 Å². The highest BCUT2D eigenvalue weighted by atomic mass is 32.1. The van der Waals surface area contributed by atoms with Gasteiger partial charge in [0, 0.05) is 63.3 Å². The summed E-state index contributed by atoms with van der Waals surface area (Å²) in [6.45, 7) is 0. The van der Waals surface area contributed by atoms with Gasteiger partial charge in [-0.15, -0.1) is 45.3 Å². The highest BCUT2D eigenvalue weighted by Gasteiger charge is 2.22. The van der Waals surface area contributed by atoms with Crippen molar-refractivity contribution in [1.29, 1.82) is 0 Å². The van der Waals surface area contributed by atoms with Gasteiger partial charge in [-0.25, -0.2) is 28.8 Å². The van der Waals surface area contributed by atoms with Gasteiger partial charge in [0.15, 0.2) is 11.6 Å². The van der Waals surface area contributed by atoms with Gasteiger partial charge in [0.1, 0.15) is 0 Å². The molecule has 0 aliphatic carbocycles. The van der Waals surface area contributed by atoms with E-state index in [1.54, 1.807) is 0 Å². The first kappa shape index (κ1) is 50.4. The van der Waals surface area contributed by atoms with Gasteiger partial charge in [-0.1, -0.05) is 243 Å². The molecule has 11 aromatic carbocycles. The summed E-state index contributed by atoms with van der Waals surface area (Å²) in [6, 6.07) is 88.5. The Bertz CT molecular complexity index is 3800. The first-order chi connectivity index (χ1) is 39.5. The van der Waals surface area contributed by atoms with Crippen LogP contribution in [0.4, 0.5) is 31.5 Å². The Morgan fingerprint density at radius 3 is 0.525 bits per heavy atom. The van der Waals surface area contributed by atoms with Crippen LogP contribution in [0, 0.1) is 11.6 Å².